The highest BCUT2D eigenvalue weighted by atomic mass is 35.5. The summed E-state index contributed by atoms with van der Waals surface area (Å²) in [6.45, 7) is 7.97. The molecular formula is C19H28ClN5O. The van der Waals surface area contributed by atoms with E-state index in [0.29, 0.717) is 0 Å². The first-order chi connectivity index (χ1) is 12.4. The number of aromatic nitrogens is 3. The van der Waals surface area contributed by atoms with Crippen LogP contribution in [-0.4, -0.2) is 58.9 Å². The van der Waals surface area contributed by atoms with Gasteiger partial charge < -0.3 is 10.1 Å². The molecule has 0 radical (unpaired) electrons. The summed E-state index contributed by atoms with van der Waals surface area (Å²) in [6.07, 6.45) is 6.10. The van der Waals surface area contributed by atoms with Crippen LogP contribution in [0.5, 0.6) is 0 Å². The zero-order valence-electron chi connectivity index (χ0n) is 15.4. The molecule has 142 valence electrons. The lowest BCUT2D eigenvalue weighted by molar-refractivity contribution is 0.0378. The van der Waals surface area contributed by atoms with Gasteiger partial charge in [-0.3, -0.25) is 4.90 Å². The number of hydrogen-bond donors (Lipinski definition) is 1. The Morgan fingerprint density at radius 1 is 1.23 bits per heavy atom. The normalized spacial score (nSPS) is 14.5. The Balaban J connectivity index is 0.00000243. The number of hydrogen-bond acceptors (Lipinski definition) is 5. The molecule has 2 aromatic rings. The molecule has 1 saturated heterocycles. The molecule has 1 aliphatic rings. The van der Waals surface area contributed by atoms with Crippen LogP contribution in [0.15, 0.2) is 18.3 Å². The van der Waals surface area contributed by atoms with Gasteiger partial charge in [0.2, 0.25) is 0 Å². The van der Waals surface area contributed by atoms with E-state index in [9.17, 15) is 0 Å². The van der Waals surface area contributed by atoms with Gasteiger partial charge in [-0.05, 0) is 37.4 Å². The van der Waals surface area contributed by atoms with Gasteiger partial charge in [0, 0.05) is 26.1 Å². The van der Waals surface area contributed by atoms with E-state index < -0.39 is 0 Å². The van der Waals surface area contributed by atoms with Crippen molar-refractivity contribution in [3.8, 4) is 11.8 Å². The highest BCUT2D eigenvalue weighted by molar-refractivity contribution is 5.85. The van der Waals surface area contributed by atoms with Crippen LogP contribution in [0, 0.1) is 11.8 Å². The van der Waals surface area contributed by atoms with E-state index in [4.69, 9.17) is 4.74 Å². The second-order valence-electron chi connectivity index (χ2n) is 6.27. The zero-order chi connectivity index (χ0) is 17.3. The van der Waals surface area contributed by atoms with Gasteiger partial charge >= 0.3 is 0 Å². The number of morpholine rings is 1. The lowest BCUT2D eigenvalue weighted by atomic mass is 10.2. The van der Waals surface area contributed by atoms with Gasteiger partial charge in [-0.2, -0.15) is 0 Å². The molecule has 0 atom stereocenters. The van der Waals surface area contributed by atoms with E-state index in [0.717, 1.165) is 75.8 Å². The van der Waals surface area contributed by atoms with Gasteiger partial charge in [-0.25, -0.2) is 9.50 Å². The van der Waals surface area contributed by atoms with Crippen molar-refractivity contribution >= 4 is 23.9 Å². The summed E-state index contributed by atoms with van der Waals surface area (Å²) in [4.78, 5) is 6.81. The number of fused-ring (bicyclic) bond motifs is 1. The number of nitrogens with zero attached hydrogens (tertiary/aromatic N) is 4. The van der Waals surface area contributed by atoms with Crippen molar-refractivity contribution in [2.75, 3.05) is 44.7 Å². The van der Waals surface area contributed by atoms with Gasteiger partial charge in [-0.1, -0.05) is 19.3 Å². The third kappa shape index (κ3) is 5.87. The second-order valence-corrected chi connectivity index (χ2v) is 6.27. The highest BCUT2D eigenvalue weighted by Gasteiger charge is 2.09. The van der Waals surface area contributed by atoms with Crippen molar-refractivity contribution in [2.45, 2.75) is 32.6 Å². The van der Waals surface area contributed by atoms with Crippen LogP contribution in [0.4, 0.5) is 5.82 Å². The van der Waals surface area contributed by atoms with Gasteiger partial charge in [0.05, 0.1) is 19.4 Å². The van der Waals surface area contributed by atoms with Crippen molar-refractivity contribution in [1.29, 1.82) is 0 Å². The molecule has 0 saturated carbocycles. The largest absolute Gasteiger partial charge is 0.379 e. The van der Waals surface area contributed by atoms with Crippen LogP contribution in [-0.2, 0) is 4.74 Å². The van der Waals surface area contributed by atoms with Crippen molar-refractivity contribution in [3.63, 3.8) is 0 Å². The smallest absolute Gasteiger partial charge is 0.155 e. The number of ether oxygens (including phenoxy) is 1. The first-order valence-electron chi connectivity index (χ1n) is 9.24. The first kappa shape index (κ1) is 20.5. The molecule has 0 amide bonds. The molecule has 3 heterocycles. The molecule has 1 fully saturated rings. The standard InChI is InChI=1S/C19H27N5O.ClH/c1-2-3-4-5-7-17-16-21-19-9-8-18(22-24(17)19)20-10-6-11-23-12-14-25-15-13-23;/h8-9,16H,2-4,6,10-15H2,1H3,(H,20,22);1H. The summed E-state index contributed by atoms with van der Waals surface area (Å²) >= 11 is 0. The zero-order valence-corrected chi connectivity index (χ0v) is 16.2. The Bertz CT molecular complexity index is 730. The average molecular weight is 378 g/mol. The number of imidazole rings is 1. The molecule has 26 heavy (non-hydrogen) atoms. The minimum absolute atomic E-state index is 0. The number of rotatable bonds is 7. The summed E-state index contributed by atoms with van der Waals surface area (Å²) in [7, 11) is 0. The average Bonchev–Trinajstić information content (AvgIpc) is 3.06. The van der Waals surface area contributed by atoms with E-state index in [1.54, 1.807) is 6.20 Å². The first-order valence-corrected chi connectivity index (χ1v) is 9.24. The van der Waals surface area contributed by atoms with Crippen molar-refractivity contribution in [2.24, 2.45) is 0 Å². The molecule has 2 aromatic heterocycles. The highest BCUT2D eigenvalue weighted by Crippen LogP contribution is 2.09. The summed E-state index contributed by atoms with van der Waals surface area (Å²) < 4.78 is 7.20. The van der Waals surface area contributed by atoms with Crippen LogP contribution < -0.4 is 5.32 Å². The third-order valence-electron chi connectivity index (χ3n) is 4.30. The monoisotopic (exact) mass is 377 g/mol. The maximum Gasteiger partial charge on any atom is 0.155 e. The Kier molecular flexibility index (Phi) is 8.69. The summed E-state index contributed by atoms with van der Waals surface area (Å²) in [5.74, 6) is 7.25. The Morgan fingerprint density at radius 2 is 2.08 bits per heavy atom. The van der Waals surface area contributed by atoms with Gasteiger partial charge in [-0.15, -0.1) is 17.5 Å². The third-order valence-corrected chi connectivity index (χ3v) is 4.30. The molecule has 3 rings (SSSR count). The molecule has 0 unspecified atom stereocenters. The Labute approximate surface area is 161 Å². The quantitative estimate of drug-likeness (QED) is 0.594. The fourth-order valence-corrected chi connectivity index (χ4v) is 2.81. The number of anilines is 1. The van der Waals surface area contributed by atoms with E-state index in [-0.39, 0.29) is 12.4 Å². The van der Waals surface area contributed by atoms with E-state index in [2.05, 4.69) is 39.1 Å². The summed E-state index contributed by atoms with van der Waals surface area (Å²) in [6, 6.07) is 3.96. The number of nitrogens with one attached hydrogen (secondary N) is 1. The maximum absolute atomic E-state index is 5.37. The molecule has 0 bridgehead atoms. The van der Waals surface area contributed by atoms with Crippen LogP contribution in [0.2, 0.25) is 0 Å². The maximum atomic E-state index is 5.37. The lowest BCUT2D eigenvalue weighted by Gasteiger charge is -2.26. The Morgan fingerprint density at radius 3 is 2.88 bits per heavy atom. The van der Waals surface area contributed by atoms with E-state index in [1.807, 2.05) is 16.6 Å². The minimum atomic E-state index is 0. The van der Waals surface area contributed by atoms with Crippen LogP contribution >= 0.6 is 12.4 Å². The fourth-order valence-electron chi connectivity index (χ4n) is 2.81. The van der Waals surface area contributed by atoms with Gasteiger partial charge in [0.15, 0.2) is 5.65 Å². The van der Waals surface area contributed by atoms with Gasteiger partial charge in [0.25, 0.3) is 0 Å². The minimum Gasteiger partial charge on any atom is -0.379 e. The van der Waals surface area contributed by atoms with Crippen molar-refractivity contribution in [1.82, 2.24) is 19.5 Å². The van der Waals surface area contributed by atoms with Crippen LogP contribution in [0.3, 0.4) is 0 Å². The molecular weight excluding hydrogens is 350 g/mol. The SMILES string of the molecule is CCCCC#Cc1cnc2ccc(NCCCN3CCOCC3)nn12.Cl. The van der Waals surface area contributed by atoms with Gasteiger partial charge in [0.1, 0.15) is 11.5 Å². The van der Waals surface area contributed by atoms with Crippen molar-refractivity contribution in [3.05, 3.63) is 24.0 Å². The molecule has 1 N–H and O–H groups in total. The lowest BCUT2D eigenvalue weighted by Crippen LogP contribution is -2.37. The van der Waals surface area contributed by atoms with Crippen LogP contribution in [0.1, 0.15) is 38.3 Å². The number of halogens is 1. The Hall–Kier alpha value is -1.81. The topological polar surface area (TPSA) is 54.7 Å². The predicted octanol–water partition coefficient (Wildman–Crippen LogP) is 2.83. The van der Waals surface area contributed by atoms with E-state index in [1.165, 1.54) is 6.42 Å². The second kappa shape index (κ2) is 11.0. The van der Waals surface area contributed by atoms with Crippen LogP contribution in [0.25, 0.3) is 5.65 Å². The molecule has 0 spiro atoms. The van der Waals surface area contributed by atoms with Crippen molar-refractivity contribution < 1.29 is 4.74 Å². The molecule has 1 aliphatic heterocycles. The van der Waals surface area contributed by atoms with E-state index >= 15 is 0 Å². The fraction of sp³-hybridized carbons (Fsp3) is 0.579. The molecule has 7 heteroatoms. The molecule has 6 nitrogen and oxygen atoms in total. The molecule has 0 aromatic carbocycles. The summed E-state index contributed by atoms with van der Waals surface area (Å²) in [5.41, 5.74) is 1.68. The summed E-state index contributed by atoms with van der Waals surface area (Å²) in [5, 5.41) is 8.03. The predicted molar refractivity (Wildman–Crippen MR) is 107 cm³/mol. The number of unbranched alkanes of at least 4 members (excludes halogenated alkanes) is 2. The molecule has 0 aliphatic carbocycles.